The molecule has 0 aromatic rings. The first-order valence-electron chi connectivity index (χ1n) is 5.72. The first kappa shape index (κ1) is 8.03. The van der Waals surface area contributed by atoms with Crippen LogP contribution in [0.2, 0.25) is 0 Å². The van der Waals surface area contributed by atoms with Gasteiger partial charge in [-0.3, -0.25) is 9.59 Å². The summed E-state index contributed by atoms with van der Waals surface area (Å²) in [5, 5.41) is 0. The van der Waals surface area contributed by atoms with E-state index in [0.717, 1.165) is 0 Å². The minimum atomic E-state index is -0.121. The van der Waals surface area contributed by atoms with Gasteiger partial charge in [-0.2, -0.15) is 0 Å². The molecular weight excluding hydrogens is 188 g/mol. The van der Waals surface area contributed by atoms with E-state index in [1.165, 1.54) is 6.42 Å². The first-order valence-corrected chi connectivity index (χ1v) is 5.72. The van der Waals surface area contributed by atoms with Crippen LogP contribution in [-0.2, 0) is 9.59 Å². The molecule has 2 heteroatoms. The second kappa shape index (κ2) is 2.31. The normalized spacial score (nSPS) is 54.1. The van der Waals surface area contributed by atoms with E-state index in [9.17, 15) is 9.59 Å². The molecule has 0 N–H and O–H groups in total. The van der Waals surface area contributed by atoms with Crippen LogP contribution >= 0.6 is 0 Å². The molecule has 0 amide bonds. The van der Waals surface area contributed by atoms with Crippen molar-refractivity contribution in [2.45, 2.75) is 6.42 Å². The lowest BCUT2D eigenvalue weighted by atomic mass is 9.58. The Bertz CT molecular complexity index is 394. The molecule has 0 spiro atoms. The summed E-state index contributed by atoms with van der Waals surface area (Å²) in [7, 11) is 0. The van der Waals surface area contributed by atoms with Crippen molar-refractivity contribution in [3.8, 4) is 0 Å². The Labute approximate surface area is 88.0 Å². The minimum Gasteiger partial charge on any atom is -0.290 e. The Hall–Kier alpha value is -1.18. The third-order valence-electron chi connectivity index (χ3n) is 4.79. The van der Waals surface area contributed by atoms with E-state index >= 15 is 0 Å². The largest absolute Gasteiger partial charge is 0.290 e. The summed E-state index contributed by atoms with van der Waals surface area (Å²) in [6.45, 7) is 0. The van der Waals surface area contributed by atoms with Crippen molar-refractivity contribution in [3.63, 3.8) is 0 Å². The lowest BCUT2D eigenvalue weighted by Crippen LogP contribution is -2.50. The zero-order chi connectivity index (χ0) is 10.2. The van der Waals surface area contributed by atoms with E-state index in [0.29, 0.717) is 23.7 Å². The molecule has 4 bridgehead atoms. The molecular formula is C13H12O2. The van der Waals surface area contributed by atoms with Crippen LogP contribution in [0.4, 0.5) is 0 Å². The number of carbonyl (C=O) groups excluding carboxylic acids is 2. The van der Waals surface area contributed by atoms with Crippen LogP contribution in [0.25, 0.3) is 0 Å². The summed E-state index contributed by atoms with van der Waals surface area (Å²) in [6.07, 6.45) is 9.68. The van der Waals surface area contributed by atoms with Crippen LogP contribution in [0.5, 0.6) is 0 Å². The third kappa shape index (κ3) is 0.747. The molecule has 2 saturated carbocycles. The van der Waals surface area contributed by atoms with Crippen LogP contribution in [0.3, 0.4) is 0 Å². The number of hydrogen-bond donors (Lipinski definition) is 0. The highest BCUT2D eigenvalue weighted by Crippen LogP contribution is 2.58. The van der Waals surface area contributed by atoms with Gasteiger partial charge in [0.2, 0.25) is 11.6 Å². The van der Waals surface area contributed by atoms with Crippen LogP contribution in [0.1, 0.15) is 6.42 Å². The van der Waals surface area contributed by atoms with Gasteiger partial charge in [-0.25, -0.2) is 0 Å². The Kier molecular flexibility index (Phi) is 1.24. The quantitative estimate of drug-likeness (QED) is 0.437. The Morgan fingerprint density at radius 1 is 0.800 bits per heavy atom. The molecule has 76 valence electrons. The van der Waals surface area contributed by atoms with E-state index in [4.69, 9.17) is 0 Å². The van der Waals surface area contributed by atoms with Gasteiger partial charge >= 0.3 is 0 Å². The van der Waals surface area contributed by atoms with E-state index < -0.39 is 0 Å². The number of allylic oxidation sites excluding steroid dienone is 4. The molecule has 2 fully saturated rings. The van der Waals surface area contributed by atoms with Gasteiger partial charge in [-0.15, -0.1) is 0 Å². The molecule has 0 aromatic carbocycles. The maximum absolute atomic E-state index is 11.8. The summed E-state index contributed by atoms with van der Waals surface area (Å²) < 4.78 is 0. The summed E-state index contributed by atoms with van der Waals surface area (Å²) in [4.78, 5) is 23.6. The molecule has 0 saturated heterocycles. The van der Waals surface area contributed by atoms with Crippen molar-refractivity contribution >= 4 is 11.6 Å². The monoisotopic (exact) mass is 200 g/mol. The van der Waals surface area contributed by atoms with Gasteiger partial charge in [0.05, 0.1) is 0 Å². The second-order valence-corrected chi connectivity index (χ2v) is 5.27. The van der Waals surface area contributed by atoms with Gasteiger partial charge in [0, 0.05) is 11.8 Å². The van der Waals surface area contributed by atoms with Gasteiger partial charge in [0.15, 0.2) is 0 Å². The smallest absolute Gasteiger partial charge is 0.206 e. The van der Waals surface area contributed by atoms with Gasteiger partial charge in [-0.1, -0.05) is 24.3 Å². The molecule has 5 aliphatic rings. The van der Waals surface area contributed by atoms with Crippen LogP contribution < -0.4 is 0 Å². The van der Waals surface area contributed by atoms with E-state index in [2.05, 4.69) is 12.2 Å². The molecule has 15 heavy (non-hydrogen) atoms. The summed E-state index contributed by atoms with van der Waals surface area (Å²) in [5.74, 6) is 1.60. The van der Waals surface area contributed by atoms with Crippen LogP contribution in [0.15, 0.2) is 24.3 Å². The van der Waals surface area contributed by atoms with Gasteiger partial charge < -0.3 is 0 Å². The number of carbonyl (C=O) groups is 2. The number of rotatable bonds is 0. The van der Waals surface area contributed by atoms with Crippen LogP contribution in [-0.4, -0.2) is 11.6 Å². The zero-order valence-corrected chi connectivity index (χ0v) is 8.30. The highest BCUT2D eigenvalue weighted by atomic mass is 16.2. The zero-order valence-electron chi connectivity index (χ0n) is 8.30. The maximum atomic E-state index is 11.8. The van der Waals surface area contributed by atoms with Crippen molar-refractivity contribution in [1.82, 2.24) is 0 Å². The van der Waals surface area contributed by atoms with Crippen molar-refractivity contribution in [2.24, 2.45) is 35.5 Å². The lowest BCUT2D eigenvalue weighted by molar-refractivity contribution is -0.147. The number of ketones is 2. The fourth-order valence-corrected chi connectivity index (χ4v) is 4.26. The summed E-state index contributed by atoms with van der Waals surface area (Å²) in [5.41, 5.74) is 0. The second-order valence-electron chi connectivity index (χ2n) is 5.27. The van der Waals surface area contributed by atoms with Gasteiger partial charge in [-0.05, 0) is 30.1 Å². The predicted octanol–water partition coefficient (Wildman–Crippen LogP) is 1.38. The average molecular weight is 200 g/mol. The summed E-state index contributed by atoms with van der Waals surface area (Å²) >= 11 is 0. The lowest BCUT2D eigenvalue weighted by Gasteiger charge is -2.43. The fraction of sp³-hybridized carbons (Fsp3) is 0.538. The Morgan fingerprint density at radius 3 is 1.73 bits per heavy atom. The van der Waals surface area contributed by atoms with Crippen molar-refractivity contribution in [1.29, 1.82) is 0 Å². The predicted molar refractivity (Wildman–Crippen MR) is 53.9 cm³/mol. The topological polar surface area (TPSA) is 34.1 Å². The SMILES string of the molecule is O=C1C(=O)[C@@H]2C=C[C@H]1[C@@H]1[C@H]2[C@H]2C=C[C@@H]1C2. The highest BCUT2D eigenvalue weighted by Gasteiger charge is 2.59. The molecule has 0 unspecified atom stereocenters. The van der Waals surface area contributed by atoms with Crippen molar-refractivity contribution < 1.29 is 9.59 Å². The van der Waals surface area contributed by atoms with Gasteiger partial charge in [0.25, 0.3) is 0 Å². The van der Waals surface area contributed by atoms with E-state index in [1.807, 2.05) is 12.2 Å². The molecule has 5 aliphatic carbocycles. The average Bonchev–Trinajstić information content (AvgIpc) is 2.85. The third-order valence-corrected chi connectivity index (χ3v) is 4.79. The Morgan fingerprint density at radius 2 is 1.27 bits per heavy atom. The number of fused-ring (bicyclic) bond motifs is 3. The summed E-state index contributed by atoms with van der Waals surface area (Å²) in [6, 6.07) is 0. The highest BCUT2D eigenvalue weighted by molar-refractivity contribution is 6.41. The number of Topliss-reactive ketones (excluding diaryl/α,β-unsaturated/α-hetero) is 2. The molecule has 0 aliphatic heterocycles. The standard InChI is InChI=1S/C13H12O2/c14-12-8-3-4-9(13(12)15)11-7-2-1-6(5-7)10(8)11/h1-4,6-11H,5H2/t6-,7+,8+,9-,10-,11+. The van der Waals surface area contributed by atoms with Gasteiger partial charge in [0.1, 0.15) is 0 Å². The van der Waals surface area contributed by atoms with E-state index in [-0.39, 0.29) is 23.4 Å². The number of hydrogen-bond acceptors (Lipinski definition) is 2. The van der Waals surface area contributed by atoms with E-state index in [1.54, 1.807) is 0 Å². The van der Waals surface area contributed by atoms with Crippen molar-refractivity contribution in [2.75, 3.05) is 0 Å². The minimum absolute atomic E-state index is 0.0903. The maximum Gasteiger partial charge on any atom is 0.206 e. The fourth-order valence-electron chi connectivity index (χ4n) is 4.26. The molecule has 6 atom stereocenters. The van der Waals surface area contributed by atoms with Crippen molar-refractivity contribution in [3.05, 3.63) is 24.3 Å². The molecule has 5 rings (SSSR count). The first-order chi connectivity index (χ1) is 7.27. The molecule has 2 nitrogen and oxygen atoms in total. The molecule has 0 aromatic heterocycles. The molecule has 0 radical (unpaired) electrons. The molecule has 0 heterocycles. The Balaban J connectivity index is 1.89. The van der Waals surface area contributed by atoms with Crippen LogP contribution in [0, 0.1) is 35.5 Å².